The summed E-state index contributed by atoms with van der Waals surface area (Å²) >= 11 is 0. The third-order valence-electron chi connectivity index (χ3n) is 3.37. The molecule has 0 aliphatic heterocycles. The SMILES string of the molecule is CNCC1(C)CC(OCc2ccccc2)C1. The van der Waals surface area contributed by atoms with Gasteiger partial charge in [-0.3, -0.25) is 0 Å². The van der Waals surface area contributed by atoms with Crippen LogP contribution in [-0.2, 0) is 11.3 Å². The summed E-state index contributed by atoms with van der Waals surface area (Å²) in [5.74, 6) is 0. The van der Waals surface area contributed by atoms with Crippen molar-refractivity contribution in [3.8, 4) is 0 Å². The van der Waals surface area contributed by atoms with Gasteiger partial charge >= 0.3 is 0 Å². The van der Waals surface area contributed by atoms with Gasteiger partial charge in [0.15, 0.2) is 0 Å². The van der Waals surface area contributed by atoms with Gasteiger partial charge in [-0.25, -0.2) is 0 Å². The topological polar surface area (TPSA) is 21.3 Å². The summed E-state index contributed by atoms with van der Waals surface area (Å²) in [6.07, 6.45) is 2.82. The van der Waals surface area contributed by atoms with Gasteiger partial charge in [0.2, 0.25) is 0 Å². The molecular weight excluding hydrogens is 198 g/mol. The highest BCUT2D eigenvalue weighted by atomic mass is 16.5. The van der Waals surface area contributed by atoms with Crippen LogP contribution in [0.3, 0.4) is 0 Å². The second kappa shape index (κ2) is 4.98. The molecule has 1 saturated carbocycles. The number of hydrogen-bond acceptors (Lipinski definition) is 2. The number of rotatable bonds is 5. The highest BCUT2D eigenvalue weighted by Crippen LogP contribution is 2.42. The molecule has 1 aliphatic rings. The average molecular weight is 219 g/mol. The fourth-order valence-corrected chi connectivity index (χ4v) is 2.52. The molecule has 0 aromatic heterocycles. The van der Waals surface area contributed by atoms with Crippen LogP contribution in [0, 0.1) is 5.41 Å². The van der Waals surface area contributed by atoms with Gasteiger partial charge in [0, 0.05) is 6.54 Å². The Kier molecular flexibility index (Phi) is 3.62. The van der Waals surface area contributed by atoms with E-state index in [4.69, 9.17) is 4.74 Å². The Bertz CT molecular complexity index is 317. The molecule has 0 saturated heterocycles. The predicted molar refractivity (Wildman–Crippen MR) is 66.3 cm³/mol. The first kappa shape index (κ1) is 11.6. The average Bonchev–Trinajstić information content (AvgIpc) is 2.25. The lowest BCUT2D eigenvalue weighted by Crippen LogP contribution is -2.45. The minimum atomic E-state index is 0.454. The quantitative estimate of drug-likeness (QED) is 0.822. The van der Waals surface area contributed by atoms with E-state index in [2.05, 4.69) is 36.5 Å². The van der Waals surface area contributed by atoms with Crippen LogP contribution < -0.4 is 5.32 Å². The zero-order valence-corrected chi connectivity index (χ0v) is 10.2. The lowest BCUT2D eigenvalue weighted by molar-refractivity contribution is -0.0793. The molecule has 0 spiro atoms. The van der Waals surface area contributed by atoms with Crippen molar-refractivity contribution < 1.29 is 4.74 Å². The van der Waals surface area contributed by atoms with Crippen LogP contribution in [-0.4, -0.2) is 19.7 Å². The summed E-state index contributed by atoms with van der Waals surface area (Å²) in [6, 6.07) is 10.4. The molecule has 0 bridgehead atoms. The largest absolute Gasteiger partial charge is 0.374 e. The zero-order chi connectivity index (χ0) is 11.4. The monoisotopic (exact) mass is 219 g/mol. The van der Waals surface area contributed by atoms with Crippen molar-refractivity contribution in [2.45, 2.75) is 32.5 Å². The number of hydrogen-bond donors (Lipinski definition) is 1. The van der Waals surface area contributed by atoms with E-state index in [0.717, 1.165) is 13.2 Å². The van der Waals surface area contributed by atoms with E-state index in [1.165, 1.54) is 18.4 Å². The molecule has 16 heavy (non-hydrogen) atoms. The van der Waals surface area contributed by atoms with Crippen LogP contribution in [0.25, 0.3) is 0 Å². The summed E-state index contributed by atoms with van der Waals surface area (Å²) in [5.41, 5.74) is 1.72. The Balaban J connectivity index is 1.70. The van der Waals surface area contributed by atoms with Crippen molar-refractivity contribution in [3.05, 3.63) is 35.9 Å². The summed E-state index contributed by atoms with van der Waals surface area (Å²) in [5, 5.41) is 3.25. The Morgan fingerprint density at radius 2 is 2.00 bits per heavy atom. The predicted octanol–water partition coefficient (Wildman–Crippen LogP) is 2.59. The van der Waals surface area contributed by atoms with Gasteiger partial charge in [-0.15, -0.1) is 0 Å². The molecule has 1 aromatic carbocycles. The third kappa shape index (κ3) is 2.83. The van der Waals surface area contributed by atoms with Crippen molar-refractivity contribution >= 4 is 0 Å². The lowest BCUT2D eigenvalue weighted by Gasteiger charge is -2.45. The first-order valence-corrected chi connectivity index (χ1v) is 6.02. The molecule has 2 heteroatoms. The standard InChI is InChI=1S/C14H21NO/c1-14(11-15-2)8-13(9-14)16-10-12-6-4-3-5-7-12/h3-7,13,15H,8-11H2,1-2H3. The van der Waals surface area contributed by atoms with Crippen molar-refractivity contribution in [2.75, 3.05) is 13.6 Å². The first-order chi connectivity index (χ1) is 7.72. The van der Waals surface area contributed by atoms with Crippen LogP contribution in [0.5, 0.6) is 0 Å². The summed E-state index contributed by atoms with van der Waals surface area (Å²) < 4.78 is 5.88. The van der Waals surface area contributed by atoms with E-state index in [0.29, 0.717) is 11.5 Å². The molecule has 1 aromatic rings. The number of nitrogens with one attached hydrogen (secondary N) is 1. The first-order valence-electron chi connectivity index (χ1n) is 6.02. The number of ether oxygens (including phenoxy) is 1. The van der Waals surface area contributed by atoms with Crippen molar-refractivity contribution in [1.82, 2.24) is 5.32 Å². The fourth-order valence-electron chi connectivity index (χ4n) is 2.52. The molecule has 0 amide bonds. The second-order valence-electron chi connectivity index (χ2n) is 5.17. The minimum Gasteiger partial charge on any atom is -0.374 e. The molecular formula is C14H21NO. The third-order valence-corrected chi connectivity index (χ3v) is 3.37. The molecule has 1 fully saturated rings. The Hall–Kier alpha value is -0.860. The summed E-state index contributed by atoms with van der Waals surface area (Å²) in [4.78, 5) is 0. The van der Waals surface area contributed by atoms with Crippen LogP contribution in [0.4, 0.5) is 0 Å². The molecule has 2 rings (SSSR count). The van der Waals surface area contributed by atoms with Gasteiger partial charge in [0.1, 0.15) is 0 Å². The molecule has 0 radical (unpaired) electrons. The van der Waals surface area contributed by atoms with E-state index >= 15 is 0 Å². The highest BCUT2D eigenvalue weighted by molar-refractivity contribution is 5.13. The van der Waals surface area contributed by atoms with E-state index < -0.39 is 0 Å². The summed E-state index contributed by atoms with van der Waals surface area (Å²) in [7, 11) is 2.02. The van der Waals surface area contributed by atoms with Crippen LogP contribution in [0.2, 0.25) is 0 Å². The molecule has 2 nitrogen and oxygen atoms in total. The van der Waals surface area contributed by atoms with Gasteiger partial charge in [-0.1, -0.05) is 37.3 Å². The molecule has 0 heterocycles. The van der Waals surface area contributed by atoms with E-state index in [9.17, 15) is 0 Å². The van der Waals surface area contributed by atoms with Gasteiger partial charge in [-0.05, 0) is 30.9 Å². The van der Waals surface area contributed by atoms with Crippen LogP contribution in [0.15, 0.2) is 30.3 Å². The van der Waals surface area contributed by atoms with Gasteiger partial charge in [0.25, 0.3) is 0 Å². The molecule has 0 atom stereocenters. The van der Waals surface area contributed by atoms with E-state index in [1.807, 2.05) is 13.1 Å². The highest BCUT2D eigenvalue weighted by Gasteiger charge is 2.40. The van der Waals surface area contributed by atoms with Crippen LogP contribution >= 0.6 is 0 Å². The molecule has 88 valence electrons. The van der Waals surface area contributed by atoms with Gasteiger partial charge < -0.3 is 10.1 Å². The number of benzene rings is 1. The van der Waals surface area contributed by atoms with Gasteiger partial charge in [0.05, 0.1) is 12.7 Å². The maximum atomic E-state index is 5.88. The summed E-state index contributed by atoms with van der Waals surface area (Å²) in [6.45, 7) is 4.17. The van der Waals surface area contributed by atoms with Crippen LogP contribution in [0.1, 0.15) is 25.3 Å². The van der Waals surface area contributed by atoms with Crippen molar-refractivity contribution in [1.29, 1.82) is 0 Å². The maximum Gasteiger partial charge on any atom is 0.0720 e. The van der Waals surface area contributed by atoms with Crippen molar-refractivity contribution in [3.63, 3.8) is 0 Å². The molecule has 1 N–H and O–H groups in total. The van der Waals surface area contributed by atoms with Crippen molar-refractivity contribution in [2.24, 2.45) is 5.41 Å². The van der Waals surface area contributed by atoms with Gasteiger partial charge in [-0.2, -0.15) is 0 Å². The zero-order valence-electron chi connectivity index (χ0n) is 10.2. The fraction of sp³-hybridized carbons (Fsp3) is 0.571. The smallest absolute Gasteiger partial charge is 0.0720 e. The molecule has 1 aliphatic carbocycles. The Morgan fingerprint density at radius 1 is 1.31 bits per heavy atom. The maximum absolute atomic E-state index is 5.88. The normalized spacial score (nSPS) is 28.8. The Morgan fingerprint density at radius 3 is 2.62 bits per heavy atom. The Labute approximate surface area is 98.0 Å². The second-order valence-corrected chi connectivity index (χ2v) is 5.17. The minimum absolute atomic E-state index is 0.454. The van der Waals surface area contributed by atoms with E-state index in [1.54, 1.807) is 0 Å². The van der Waals surface area contributed by atoms with E-state index in [-0.39, 0.29) is 0 Å². The molecule has 0 unspecified atom stereocenters. The lowest BCUT2D eigenvalue weighted by atomic mass is 9.68.